The van der Waals surface area contributed by atoms with Crippen molar-refractivity contribution in [3.8, 4) is 0 Å². The van der Waals surface area contributed by atoms with Gasteiger partial charge in [0.1, 0.15) is 0 Å². The molecule has 1 aliphatic rings. The molecule has 1 aromatic carbocycles. The molecule has 0 aliphatic carbocycles. The molecule has 2 rings (SSSR count). The Morgan fingerprint density at radius 2 is 2.07 bits per heavy atom. The lowest BCUT2D eigenvalue weighted by Crippen LogP contribution is -2.04. The summed E-state index contributed by atoms with van der Waals surface area (Å²) in [4.78, 5) is 10.9. The quantitative estimate of drug-likeness (QED) is 0.804. The van der Waals surface area contributed by atoms with Crippen molar-refractivity contribution in [3.05, 3.63) is 34.9 Å². The summed E-state index contributed by atoms with van der Waals surface area (Å²) in [5, 5.41) is 8.95. The zero-order chi connectivity index (χ0) is 10.8. The maximum absolute atomic E-state index is 10.9. The van der Waals surface area contributed by atoms with Crippen LogP contribution in [-0.4, -0.2) is 24.3 Å². The van der Waals surface area contributed by atoms with Gasteiger partial charge in [0.15, 0.2) is 6.29 Å². The molecule has 0 saturated carbocycles. The van der Waals surface area contributed by atoms with Gasteiger partial charge in [-0.2, -0.15) is 0 Å². The van der Waals surface area contributed by atoms with E-state index in [1.54, 1.807) is 19.1 Å². The van der Waals surface area contributed by atoms with E-state index in [4.69, 9.17) is 14.6 Å². The van der Waals surface area contributed by atoms with E-state index in [9.17, 15) is 4.79 Å². The van der Waals surface area contributed by atoms with E-state index in [0.717, 1.165) is 11.1 Å². The molecule has 80 valence electrons. The molecule has 0 atom stereocenters. The minimum Gasteiger partial charge on any atom is -0.478 e. The monoisotopic (exact) mass is 208 g/mol. The first-order valence-electron chi connectivity index (χ1n) is 4.75. The highest BCUT2D eigenvalue weighted by Gasteiger charge is 2.20. The van der Waals surface area contributed by atoms with Crippen LogP contribution in [0.1, 0.15) is 27.8 Å². The Labute approximate surface area is 87.4 Å². The van der Waals surface area contributed by atoms with Crippen LogP contribution in [0, 0.1) is 6.92 Å². The third kappa shape index (κ3) is 2.00. The number of carboxylic acid groups (broad SMARTS) is 1. The molecule has 0 amide bonds. The summed E-state index contributed by atoms with van der Waals surface area (Å²) in [6, 6.07) is 5.20. The largest absolute Gasteiger partial charge is 0.478 e. The molecule has 1 N–H and O–H groups in total. The first-order chi connectivity index (χ1) is 7.18. The highest BCUT2D eigenvalue weighted by atomic mass is 16.7. The number of hydrogen-bond donors (Lipinski definition) is 1. The summed E-state index contributed by atoms with van der Waals surface area (Å²) in [6.07, 6.45) is -0.413. The summed E-state index contributed by atoms with van der Waals surface area (Å²) in [5.41, 5.74) is 1.80. The van der Waals surface area contributed by atoms with Crippen molar-refractivity contribution in [3.63, 3.8) is 0 Å². The Balaban J connectivity index is 2.33. The lowest BCUT2D eigenvalue weighted by atomic mass is 10.0. The van der Waals surface area contributed by atoms with Crippen molar-refractivity contribution in [2.24, 2.45) is 0 Å². The normalized spacial score (nSPS) is 16.9. The van der Waals surface area contributed by atoms with Gasteiger partial charge in [0.05, 0.1) is 18.8 Å². The van der Waals surface area contributed by atoms with E-state index >= 15 is 0 Å². The Morgan fingerprint density at radius 1 is 1.40 bits per heavy atom. The zero-order valence-corrected chi connectivity index (χ0v) is 8.40. The third-order valence-corrected chi connectivity index (χ3v) is 2.39. The van der Waals surface area contributed by atoms with Crippen LogP contribution in [0.25, 0.3) is 0 Å². The Morgan fingerprint density at radius 3 is 2.67 bits per heavy atom. The molecule has 0 unspecified atom stereocenters. The van der Waals surface area contributed by atoms with Crippen molar-refractivity contribution < 1.29 is 19.4 Å². The average molecular weight is 208 g/mol. The van der Waals surface area contributed by atoms with Gasteiger partial charge in [0, 0.05) is 5.56 Å². The molecule has 4 heteroatoms. The van der Waals surface area contributed by atoms with Gasteiger partial charge in [-0.25, -0.2) is 4.79 Å². The summed E-state index contributed by atoms with van der Waals surface area (Å²) < 4.78 is 10.6. The third-order valence-electron chi connectivity index (χ3n) is 2.39. The van der Waals surface area contributed by atoms with Crippen LogP contribution >= 0.6 is 0 Å². The van der Waals surface area contributed by atoms with Crippen LogP contribution in [0.4, 0.5) is 0 Å². The van der Waals surface area contributed by atoms with Crippen molar-refractivity contribution in [2.45, 2.75) is 13.2 Å². The molecule has 1 aliphatic heterocycles. The molecule has 1 aromatic rings. The molecular weight excluding hydrogens is 196 g/mol. The zero-order valence-electron chi connectivity index (χ0n) is 8.40. The lowest BCUT2D eigenvalue weighted by molar-refractivity contribution is -0.0441. The number of hydrogen-bond acceptors (Lipinski definition) is 3. The van der Waals surface area contributed by atoms with Gasteiger partial charge in [-0.1, -0.05) is 12.1 Å². The van der Waals surface area contributed by atoms with Crippen LogP contribution < -0.4 is 0 Å². The molecular formula is C11H12O4. The van der Waals surface area contributed by atoms with Gasteiger partial charge >= 0.3 is 5.97 Å². The van der Waals surface area contributed by atoms with E-state index in [2.05, 4.69) is 0 Å². The smallest absolute Gasteiger partial charge is 0.335 e. The number of benzene rings is 1. The molecule has 4 nitrogen and oxygen atoms in total. The number of aryl methyl sites for hydroxylation is 1. The number of carbonyl (C=O) groups is 1. The van der Waals surface area contributed by atoms with E-state index in [0.29, 0.717) is 18.8 Å². The van der Waals surface area contributed by atoms with E-state index in [1.807, 2.05) is 6.07 Å². The summed E-state index contributed by atoms with van der Waals surface area (Å²) >= 11 is 0. The first kappa shape index (κ1) is 10.1. The minimum absolute atomic E-state index is 0.298. The number of rotatable bonds is 2. The van der Waals surface area contributed by atoms with Crippen molar-refractivity contribution >= 4 is 5.97 Å². The number of aromatic carboxylic acids is 1. The first-order valence-corrected chi connectivity index (χ1v) is 4.75. The summed E-state index contributed by atoms with van der Waals surface area (Å²) in [5.74, 6) is -0.924. The van der Waals surface area contributed by atoms with Gasteiger partial charge in [0.2, 0.25) is 0 Å². The molecule has 1 heterocycles. The van der Waals surface area contributed by atoms with Gasteiger partial charge < -0.3 is 14.6 Å². The fourth-order valence-electron chi connectivity index (χ4n) is 1.57. The second kappa shape index (κ2) is 4.00. The maximum atomic E-state index is 10.9. The van der Waals surface area contributed by atoms with Gasteiger partial charge in [-0.05, 0) is 18.6 Å². The van der Waals surface area contributed by atoms with Gasteiger partial charge in [-0.3, -0.25) is 0 Å². The SMILES string of the molecule is Cc1ccc(C2OCCO2)cc1C(=O)O. The molecule has 0 aromatic heterocycles. The predicted octanol–water partition coefficient (Wildman–Crippen LogP) is 1.74. The number of ether oxygens (including phenoxy) is 2. The van der Waals surface area contributed by atoms with Crippen LogP contribution in [0.2, 0.25) is 0 Å². The van der Waals surface area contributed by atoms with Crippen LogP contribution in [0.5, 0.6) is 0 Å². The molecule has 0 spiro atoms. The van der Waals surface area contributed by atoms with E-state index in [1.165, 1.54) is 0 Å². The van der Waals surface area contributed by atoms with Crippen molar-refractivity contribution in [2.75, 3.05) is 13.2 Å². The van der Waals surface area contributed by atoms with Gasteiger partial charge in [-0.15, -0.1) is 0 Å². The molecule has 0 radical (unpaired) electrons. The Kier molecular flexibility index (Phi) is 2.70. The van der Waals surface area contributed by atoms with Gasteiger partial charge in [0.25, 0.3) is 0 Å². The van der Waals surface area contributed by atoms with E-state index in [-0.39, 0.29) is 0 Å². The predicted molar refractivity (Wildman–Crippen MR) is 52.8 cm³/mol. The molecule has 1 fully saturated rings. The topological polar surface area (TPSA) is 55.8 Å². The van der Waals surface area contributed by atoms with Crippen LogP contribution in [0.3, 0.4) is 0 Å². The average Bonchev–Trinajstić information content (AvgIpc) is 2.71. The lowest BCUT2D eigenvalue weighted by Gasteiger charge is -2.10. The Bertz CT molecular complexity index is 380. The van der Waals surface area contributed by atoms with Crippen molar-refractivity contribution in [1.82, 2.24) is 0 Å². The maximum Gasteiger partial charge on any atom is 0.335 e. The van der Waals surface area contributed by atoms with E-state index < -0.39 is 12.3 Å². The molecule has 15 heavy (non-hydrogen) atoms. The minimum atomic E-state index is -0.924. The molecule has 0 bridgehead atoms. The Hall–Kier alpha value is -1.39. The second-order valence-corrected chi connectivity index (χ2v) is 3.45. The second-order valence-electron chi connectivity index (χ2n) is 3.45. The fraction of sp³-hybridized carbons (Fsp3) is 0.364. The number of carboxylic acids is 1. The van der Waals surface area contributed by atoms with Crippen LogP contribution in [0.15, 0.2) is 18.2 Å². The standard InChI is InChI=1S/C11H12O4/c1-7-2-3-8(6-9(7)10(12)13)11-14-4-5-15-11/h2-3,6,11H,4-5H2,1H3,(H,12,13). The van der Waals surface area contributed by atoms with Crippen molar-refractivity contribution in [1.29, 1.82) is 0 Å². The molecule has 1 saturated heterocycles. The summed E-state index contributed by atoms with van der Waals surface area (Å²) in [6.45, 7) is 2.88. The summed E-state index contributed by atoms with van der Waals surface area (Å²) in [7, 11) is 0. The fourth-order valence-corrected chi connectivity index (χ4v) is 1.57. The highest BCUT2D eigenvalue weighted by molar-refractivity contribution is 5.89. The highest BCUT2D eigenvalue weighted by Crippen LogP contribution is 2.25. The van der Waals surface area contributed by atoms with Crippen LogP contribution in [-0.2, 0) is 9.47 Å².